The molecule has 0 unspecified atom stereocenters. The average Bonchev–Trinajstić information content (AvgIpc) is 2.79. The van der Waals surface area contributed by atoms with E-state index in [1.165, 1.54) is 12.1 Å². The van der Waals surface area contributed by atoms with Gasteiger partial charge in [0.25, 0.3) is 10.0 Å². The number of methoxy groups -OCH3 is 1. The first kappa shape index (κ1) is 23.0. The SMILES string of the molecule is COc1ccc(CC(=O)Nc2ccc(/C(C)=N\NS(=O)(=O)c3ccc(C)cc3)cc2)cc1. The minimum absolute atomic E-state index is 0.140. The van der Waals surface area contributed by atoms with E-state index in [4.69, 9.17) is 4.74 Å². The number of hydrogen-bond donors (Lipinski definition) is 2. The molecule has 0 radical (unpaired) electrons. The molecule has 32 heavy (non-hydrogen) atoms. The van der Waals surface area contributed by atoms with Crippen molar-refractivity contribution in [1.29, 1.82) is 0 Å². The van der Waals surface area contributed by atoms with Crippen molar-refractivity contribution >= 4 is 27.3 Å². The van der Waals surface area contributed by atoms with Gasteiger partial charge in [0.1, 0.15) is 5.75 Å². The molecule has 7 nitrogen and oxygen atoms in total. The fourth-order valence-corrected chi connectivity index (χ4v) is 3.75. The number of hydrazone groups is 1. The van der Waals surface area contributed by atoms with E-state index in [2.05, 4.69) is 15.2 Å². The lowest BCUT2D eigenvalue weighted by molar-refractivity contribution is -0.115. The minimum Gasteiger partial charge on any atom is -0.497 e. The molecule has 0 saturated carbocycles. The first-order valence-corrected chi connectivity index (χ1v) is 11.4. The highest BCUT2D eigenvalue weighted by molar-refractivity contribution is 7.89. The summed E-state index contributed by atoms with van der Waals surface area (Å²) in [6.45, 7) is 3.59. The Labute approximate surface area is 188 Å². The van der Waals surface area contributed by atoms with Crippen molar-refractivity contribution in [1.82, 2.24) is 4.83 Å². The van der Waals surface area contributed by atoms with Crippen molar-refractivity contribution in [2.75, 3.05) is 12.4 Å². The van der Waals surface area contributed by atoms with E-state index in [0.29, 0.717) is 11.4 Å². The number of anilines is 1. The number of rotatable bonds is 8. The fourth-order valence-electron chi connectivity index (χ4n) is 2.89. The normalized spacial score (nSPS) is 11.7. The summed E-state index contributed by atoms with van der Waals surface area (Å²) in [4.78, 5) is 14.7. The number of nitrogens with one attached hydrogen (secondary N) is 2. The summed E-state index contributed by atoms with van der Waals surface area (Å²) >= 11 is 0. The maximum Gasteiger partial charge on any atom is 0.276 e. The molecule has 3 aromatic carbocycles. The van der Waals surface area contributed by atoms with Crippen LogP contribution in [0.2, 0.25) is 0 Å². The van der Waals surface area contributed by atoms with E-state index in [0.717, 1.165) is 22.4 Å². The summed E-state index contributed by atoms with van der Waals surface area (Å²) in [6.07, 6.45) is 0.243. The van der Waals surface area contributed by atoms with Crippen LogP contribution in [-0.2, 0) is 21.2 Å². The third-order valence-electron chi connectivity index (χ3n) is 4.77. The van der Waals surface area contributed by atoms with Gasteiger partial charge in [-0.2, -0.15) is 18.4 Å². The van der Waals surface area contributed by atoms with Crippen molar-refractivity contribution in [3.05, 3.63) is 89.5 Å². The molecule has 8 heteroatoms. The lowest BCUT2D eigenvalue weighted by Gasteiger charge is -2.08. The Balaban J connectivity index is 1.60. The molecule has 0 bridgehead atoms. The molecule has 1 amide bonds. The lowest BCUT2D eigenvalue weighted by Crippen LogP contribution is -2.20. The van der Waals surface area contributed by atoms with Crippen LogP contribution in [0.3, 0.4) is 0 Å². The molecule has 0 aliphatic rings. The molecule has 0 aromatic heterocycles. The number of nitrogens with zero attached hydrogens (tertiary/aromatic N) is 1. The Kier molecular flexibility index (Phi) is 7.27. The molecule has 0 aliphatic heterocycles. The van der Waals surface area contributed by atoms with Crippen LogP contribution in [0.4, 0.5) is 5.69 Å². The third-order valence-corrected chi connectivity index (χ3v) is 6.00. The second-order valence-electron chi connectivity index (χ2n) is 7.26. The zero-order valence-electron chi connectivity index (χ0n) is 18.1. The van der Waals surface area contributed by atoms with E-state index in [1.807, 2.05) is 31.2 Å². The number of ether oxygens (including phenoxy) is 1. The van der Waals surface area contributed by atoms with Gasteiger partial charge in [0.2, 0.25) is 5.91 Å². The van der Waals surface area contributed by atoms with Crippen LogP contribution in [-0.4, -0.2) is 27.1 Å². The number of benzene rings is 3. The summed E-state index contributed by atoms with van der Waals surface area (Å²) < 4.78 is 29.9. The summed E-state index contributed by atoms with van der Waals surface area (Å²) in [7, 11) is -2.15. The molecule has 3 aromatic rings. The van der Waals surface area contributed by atoms with Gasteiger partial charge < -0.3 is 10.1 Å². The molecule has 0 atom stereocenters. The van der Waals surface area contributed by atoms with Gasteiger partial charge in [-0.25, -0.2) is 0 Å². The molecular weight excluding hydrogens is 426 g/mol. The Morgan fingerprint density at radius 3 is 2.16 bits per heavy atom. The number of sulfonamides is 1. The average molecular weight is 452 g/mol. The Morgan fingerprint density at radius 1 is 0.938 bits per heavy atom. The van der Waals surface area contributed by atoms with Crippen LogP contribution in [0.15, 0.2) is 82.8 Å². The molecular formula is C24H25N3O4S. The van der Waals surface area contributed by atoms with Gasteiger partial charge in [-0.15, -0.1) is 0 Å². The second kappa shape index (κ2) is 10.1. The highest BCUT2D eigenvalue weighted by atomic mass is 32.2. The van der Waals surface area contributed by atoms with Crippen LogP contribution in [0.25, 0.3) is 0 Å². The smallest absolute Gasteiger partial charge is 0.276 e. The summed E-state index contributed by atoms with van der Waals surface area (Å²) in [5, 5.41) is 6.85. The maximum atomic E-state index is 12.4. The predicted octanol–water partition coefficient (Wildman–Crippen LogP) is 3.89. The van der Waals surface area contributed by atoms with Crippen molar-refractivity contribution in [3.63, 3.8) is 0 Å². The molecule has 2 N–H and O–H groups in total. The molecule has 0 heterocycles. The quantitative estimate of drug-likeness (QED) is 0.401. The van der Waals surface area contributed by atoms with E-state index >= 15 is 0 Å². The molecule has 3 rings (SSSR count). The van der Waals surface area contributed by atoms with E-state index < -0.39 is 10.0 Å². The van der Waals surface area contributed by atoms with E-state index in [9.17, 15) is 13.2 Å². The van der Waals surface area contributed by atoms with Crippen LogP contribution < -0.4 is 14.9 Å². The Morgan fingerprint density at radius 2 is 1.56 bits per heavy atom. The number of carbonyl (C=O) groups is 1. The Hall–Kier alpha value is -3.65. The molecule has 166 valence electrons. The highest BCUT2D eigenvalue weighted by Gasteiger charge is 2.12. The van der Waals surface area contributed by atoms with Crippen LogP contribution in [0, 0.1) is 6.92 Å². The van der Waals surface area contributed by atoms with Gasteiger partial charge >= 0.3 is 0 Å². The monoisotopic (exact) mass is 451 g/mol. The Bertz CT molecular complexity index is 1200. The standard InChI is InChI=1S/C24H25N3O4S/c1-17-4-14-23(15-5-17)32(29,30)27-26-18(2)20-8-10-21(11-9-20)25-24(28)16-19-6-12-22(31-3)13-7-19/h4-15,27H,16H2,1-3H3,(H,25,28)/b26-18-. The van der Waals surface area contributed by atoms with Crippen molar-refractivity contribution in [2.24, 2.45) is 5.10 Å². The fraction of sp³-hybridized carbons (Fsp3) is 0.167. The summed E-state index contributed by atoms with van der Waals surface area (Å²) in [5.41, 5.74) is 3.71. The number of aryl methyl sites for hydroxylation is 1. The first-order chi connectivity index (χ1) is 15.3. The molecule has 0 fully saturated rings. The zero-order valence-corrected chi connectivity index (χ0v) is 18.9. The number of carbonyl (C=O) groups excluding carboxylic acids is 1. The highest BCUT2D eigenvalue weighted by Crippen LogP contribution is 2.15. The maximum absolute atomic E-state index is 12.4. The summed E-state index contributed by atoms with van der Waals surface area (Å²) in [5.74, 6) is 0.599. The van der Waals surface area contributed by atoms with Gasteiger partial charge in [0.15, 0.2) is 0 Å². The lowest BCUT2D eigenvalue weighted by atomic mass is 10.1. The van der Waals surface area contributed by atoms with Crippen molar-refractivity contribution in [3.8, 4) is 5.75 Å². The van der Waals surface area contributed by atoms with Gasteiger partial charge in [0, 0.05) is 5.69 Å². The van der Waals surface area contributed by atoms with Crippen molar-refractivity contribution < 1.29 is 17.9 Å². The topological polar surface area (TPSA) is 96.9 Å². The zero-order chi connectivity index (χ0) is 23.1. The van der Waals surface area contributed by atoms with E-state index in [1.54, 1.807) is 50.4 Å². The van der Waals surface area contributed by atoms with Crippen molar-refractivity contribution in [2.45, 2.75) is 25.2 Å². The van der Waals surface area contributed by atoms with Crippen LogP contribution >= 0.6 is 0 Å². The first-order valence-electron chi connectivity index (χ1n) is 9.93. The van der Waals surface area contributed by atoms with Gasteiger partial charge in [0.05, 0.1) is 24.1 Å². The largest absolute Gasteiger partial charge is 0.497 e. The van der Waals surface area contributed by atoms with E-state index in [-0.39, 0.29) is 17.2 Å². The van der Waals surface area contributed by atoms with Crippen LogP contribution in [0.5, 0.6) is 5.75 Å². The predicted molar refractivity (Wildman–Crippen MR) is 125 cm³/mol. The second-order valence-corrected chi connectivity index (χ2v) is 8.92. The van der Waals surface area contributed by atoms with Gasteiger partial charge in [-0.05, 0) is 61.4 Å². The van der Waals surface area contributed by atoms with Gasteiger partial charge in [-0.3, -0.25) is 4.79 Å². The number of hydrogen-bond acceptors (Lipinski definition) is 5. The molecule has 0 spiro atoms. The number of amides is 1. The minimum atomic E-state index is -3.74. The molecule has 0 saturated heterocycles. The van der Waals surface area contributed by atoms with Gasteiger partial charge in [-0.1, -0.05) is 42.0 Å². The molecule has 0 aliphatic carbocycles. The third kappa shape index (κ3) is 6.18. The summed E-state index contributed by atoms with van der Waals surface area (Å²) in [6, 6.07) is 20.9. The van der Waals surface area contributed by atoms with Crippen LogP contribution in [0.1, 0.15) is 23.6 Å².